The van der Waals surface area contributed by atoms with Crippen molar-refractivity contribution in [1.29, 1.82) is 0 Å². The maximum absolute atomic E-state index is 14.4. The van der Waals surface area contributed by atoms with E-state index < -0.39 is 57.5 Å². The molecule has 10 heteroatoms. The fraction of sp³-hybridized carbons (Fsp3) is 0.611. The second-order valence-corrected chi connectivity index (χ2v) is 14.3. The van der Waals surface area contributed by atoms with Crippen molar-refractivity contribution in [1.82, 2.24) is 10.6 Å². The number of benzene rings is 2. The Morgan fingerprint density at radius 2 is 0.957 bits per heavy atom. The molecule has 10 nitrogen and oxygen atoms in total. The lowest BCUT2D eigenvalue weighted by Gasteiger charge is -2.51. The standard InChI is InChI=1S/C36H50N4O6/c41-29-21-31(39(45,23-29)27-17-9-3-10-18-27)35(43)37-33(25-13-5-1-6-14-25)34(26-15-7-2-8-16-26)38-36(44)32-22-30(42)24-40(32,46)28-19-11-4-12-20-28/h1-2,5-8,13-16,27-34,41-42H,3-4,9-12,17-24H2,(H,37,43)(H,38,44)/t29-,30-,31+,32+,33+,34+,39-,40-/m1/s1. The van der Waals surface area contributed by atoms with E-state index in [1.807, 2.05) is 60.7 Å². The van der Waals surface area contributed by atoms with Crippen molar-refractivity contribution in [3.63, 3.8) is 0 Å². The summed E-state index contributed by atoms with van der Waals surface area (Å²) in [4.78, 5) is 28.5. The summed E-state index contributed by atoms with van der Waals surface area (Å²) in [5.74, 6) is -0.873. The number of hydroxylamine groups is 6. The summed E-state index contributed by atoms with van der Waals surface area (Å²) < 4.78 is -1.43. The highest BCUT2D eigenvalue weighted by Gasteiger charge is 2.52. The van der Waals surface area contributed by atoms with E-state index in [2.05, 4.69) is 10.6 Å². The van der Waals surface area contributed by atoms with Gasteiger partial charge in [0.1, 0.15) is 25.3 Å². The number of nitrogens with zero attached hydrogens (tertiary/aromatic N) is 2. The lowest BCUT2D eigenvalue weighted by atomic mass is 9.91. The first-order chi connectivity index (χ1) is 22.2. The van der Waals surface area contributed by atoms with Gasteiger partial charge in [0.05, 0.1) is 24.2 Å². The van der Waals surface area contributed by atoms with Crippen LogP contribution in [0.2, 0.25) is 0 Å². The fourth-order valence-corrected chi connectivity index (χ4v) is 8.93. The van der Waals surface area contributed by atoms with Gasteiger partial charge < -0.3 is 40.6 Å². The van der Waals surface area contributed by atoms with Gasteiger partial charge in [0.15, 0.2) is 12.1 Å². The van der Waals surface area contributed by atoms with Crippen LogP contribution in [-0.4, -0.2) is 80.8 Å². The molecule has 2 amide bonds. The number of amides is 2. The number of aliphatic hydroxyl groups is 2. The number of likely N-dealkylation sites (tertiary alicyclic amines) is 2. The number of carbonyl (C=O) groups excluding carboxylic acids is 2. The summed E-state index contributed by atoms with van der Waals surface area (Å²) in [6, 6.07) is 14.9. The summed E-state index contributed by atoms with van der Waals surface area (Å²) in [6.07, 6.45) is 7.39. The minimum Gasteiger partial charge on any atom is -0.632 e. The van der Waals surface area contributed by atoms with Crippen molar-refractivity contribution in [2.75, 3.05) is 13.1 Å². The van der Waals surface area contributed by atoms with Crippen molar-refractivity contribution in [2.45, 2.75) is 126 Å². The zero-order valence-electron chi connectivity index (χ0n) is 26.7. The molecule has 0 aromatic heterocycles. The van der Waals surface area contributed by atoms with Gasteiger partial charge in [0, 0.05) is 12.8 Å². The molecule has 2 aliphatic carbocycles. The van der Waals surface area contributed by atoms with E-state index >= 15 is 0 Å². The predicted octanol–water partition coefficient (Wildman–Crippen LogP) is 4.26. The molecule has 0 bridgehead atoms. The summed E-state index contributed by atoms with van der Waals surface area (Å²) in [5.41, 5.74) is 1.48. The molecule has 0 unspecified atom stereocenters. The van der Waals surface area contributed by atoms with Crippen LogP contribution in [0.4, 0.5) is 0 Å². The first kappa shape index (κ1) is 33.1. The summed E-state index contributed by atoms with van der Waals surface area (Å²) in [6.45, 7) is 0.0125. The summed E-state index contributed by atoms with van der Waals surface area (Å²) in [5, 5.41) is 56.4. The number of aliphatic hydroxyl groups excluding tert-OH is 2. The van der Waals surface area contributed by atoms with E-state index in [9.17, 15) is 30.2 Å². The van der Waals surface area contributed by atoms with Gasteiger partial charge in [-0.3, -0.25) is 9.59 Å². The topological polar surface area (TPSA) is 145 Å². The van der Waals surface area contributed by atoms with Gasteiger partial charge in [0.2, 0.25) is 0 Å². The highest BCUT2D eigenvalue weighted by molar-refractivity contribution is 5.83. The van der Waals surface area contributed by atoms with E-state index in [4.69, 9.17) is 0 Å². The van der Waals surface area contributed by atoms with Crippen molar-refractivity contribution in [2.24, 2.45) is 0 Å². The molecule has 0 spiro atoms. The minimum atomic E-state index is -0.960. The molecule has 2 aromatic carbocycles. The molecular weight excluding hydrogens is 584 g/mol. The van der Waals surface area contributed by atoms with Crippen molar-refractivity contribution >= 4 is 11.8 Å². The number of hydrogen-bond acceptors (Lipinski definition) is 6. The van der Waals surface area contributed by atoms with Gasteiger partial charge in [-0.1, -0.05) is 73.5 Å². The second-order valence-electron chi connectivity index (χ2n) is 14.3. The Morgan fingerprint density at radius 1 is 0.609 bits per heavy atom. The molecule has 8 atom stereocenters. The predicted molar refractivity (Wildman–Crippen MR) is 174 cm³/mol. The highest BCUT2D eigenvalue weighted by atomic mass is 16.6. The Kier molecular flexibility index (Phi) is 10.1. The average molecular weight is 635 g/mol. The highest BCUT2D eigenvalue weighted by Crippen LogP contribution is 2.39. The van der Waals surface area contributed by atoms with Crippen molar-refractivity contribution in [3.05, 3.63) is 82.2 Å². The van der Waals surface area contributed by atoms with Crippen LogP contribution in [0.3, 0.4) is 0 Å². The van der Waals surface area contributed by atoms with E-state index in [0.717, 1.165) is 75.3 Å². The minimum absolute atomic E-state index is 0.00623. The van der Waals surface area contributed by atoms with E-state index in [-0.39, 0.29) is 38.0 Å². The van der Waals surface area contributed by atoms with Crippen LogP contribution in [0.5, 0.6) is 0 Å². The van der Waals surface area contributed by atoms with Crippen LogP contribution >= 0.6 is 0 Å². The molecule has 2 saturated carbocycles. The zero-order chi connectivity index (χ0) is 32.3. The maximum Gasteiger partial charge on any atom is 0.279 e. The normalized spacial score (nSPS) is 33.7. The third kappa shape index (κ3) is 6.74. The zero-order valence-corrected chi connectivity index (χ0v) is 26.7. The van der Waals surface area contributed by atoms with Crippen LogP contribution in [0.1, 0.15) is 100 Å². The summed E-state index contributed by atoms with van der Waals surface area (Å²) >= 11 is 0. The Balaban J connectivity index is 1.32. The number of rotatable bonds is 9. The molecular formula is C36H50N4O6. The third-order valence-corrected chi connectivity index (χ3v) is 11.3. The molecule has 2 aromatic rings. The van der Waals surface area contributed by atoms with Gasteiger partial charge in [-0.05, 0) is 62.5 Å². The largest absolute Gasteiger partial charge is 0.632 e. The Hall–Kier alpha value is -2.86. The Labute approximate surface area is 272 Å². The summed E-state index contributed by atoms with van der Waals surface area (Å²) in [7, 11) is 0. The molecule has 4 N–H and O–H groups in total. The Morgan fingerprint density at radius 3 is 1.30 bits per heavy atom. The third-order valence-electron chi connectivity index (χ3n) is 11.3. The maximum atomic E-state index is 14.4. The molecule has 0 radical (unpaired) electrons. The number of quaternary nitrogens is 2. The molecule has 46 heavy (non-hydrogen) atoms. The lowest BCUT2D eigenvalue weighted by Crippen LogP contribution is -2.61. The first-order valence-corrected chi connectivity index (χ1v) is 17.4. The lowest BCUT2D eigenvalue weighted by molar-refractivity contribution is -0.911. The van der Waals surface area contributed by atoms with Crippen molar-refractivity contribution in [3.8, 4) is 0 Å². The van der Waals surface area contributed by atoms with E-state index in [1.165, 1.54) is 0 Å². The van der Waals surface area contributed by atoms with Crippen LogP contribution in [0.25, 0.3) is 0 Å². The smallest absolute Gasteiger partial charge is 0.279 e. The van der Waals surface area contributed by atoms with Gasteiger partial charge in [-0.25, -0.2) is 0 Å². The van der Waals surface area contributed by atoms with Crippen LogP contribution in [-0.2, 0) is 9.59 Å². The molecule has 250 valence electrons. The molecule has 2 heterocycles. The molecule has 4 aliphatic rings. The first-order valence-electron chi connectivity index (χ1n) is 17.4. The van der Waals surface area contributed by atoms with Crippen molar-refractivity contribution < 1.29 is 29.1 Å². The van der Waals surface area contributed by atoms with Crippen LogP contribution in [0.15, 0.2) is 60.7 Å². The van der Waals surface area contributed by atoms with Gasteiger partial charge in [-0.15, -0.1) is 0 Å². The Bertz CT molecular complexity index is 1220. The van der Waals surface area contributed by atoms with Gasteiger partial charge in [-0.2, -0.15) is 0 Å². The van der Waals surface area contributed by atoms with E-state index in [0.29, 0.717) is 0 Å². The number of nitrogens with one attached hydrogen (secondary N) is 2. The van der Waals surface area contributed by atoms with Crippen LogP contribution in [0, 0.1) is 10.4 Å². The molecule has 2 saturated heterocycles. The van der Waals surface area contributed by atoms with Gasteiger partial charge >= 0.3 is 0 Å². The van der Waals surface area contributed by atoms with Crippen LogP contribution < -0.4 is 10.6 Å². The SMILES string of the molecule is O=C(N[C@@H](c1ccccc1)[C@@H](NC(=O)[C@@H]1C[C@@H](O)C[N@@+]1([O-])C1CCCCC1)c1ccccc1)[C@@H]1C[C@@H](O)C[N@@+]1([O-])C1CCCCC1. The fourth-order valence-electron chi connectivity index (χ4n) is 8.93. The average Bonchev–Trinajstić information content (AvgIpc) is 3.58. The molecule has 2 aliphatic heterocycles. The van der Waals surface area contributed by atoms with E-state index in [1.54, 1.807) is 0 Å². The quantitative estimate of drug-likeness (QED) is 0.240. The van der Waals surface area contributed by atoms with Gasteiger partial charge in [0.25, 0.3) is 11.8 Å². The second kappa shape index (κ2) is 14.1. The number of carbonyl (C=O) groups is 2. The molecule has 6 rings (SSSR count). The number of hydrogen-bond donors (Lipinski definition) is 4. The monoisotopic (exact) mass is 634 g/mol. The molecule has 4 fully saturated rings.